The Kier molecular flexibility index (Phi) is 22.9. The number of hydrogen-bond acceptors (Lipinski definition) is 13. The van der Waals surface area contributed by atoms with Crippen LogP contribution in [0.15, 0.2) is 24.3 Å². The summed E-state index contributed by atoms with van der Waals surface area (Å²) >= 11 is 0. The molecule has 8 N–H and O–H groups in total. The van der Waals surface area contributed by atoms with Gasteiger partial charge in [-0.05, 0) is 85.8 Å². The first-order chi connectivity index (χ1) is 32.5. The standard InChI is InChI=1S/C47H74N10O11/c1-29(2)26-51-47(64)67-27-32-9-11-33(12-10-32)52-43(60)38(8-7-19-49-45(48)62)53-44(61)42(31(5)6)54-41(59)18-23-66-25-21-57-39-16-14-35-34(13-15-37(39)55-56-57)36(35)28-68-46(63)50-20-24-65-22-17-40(58)30(3)4/h9-12,29-31,34-36,38,42H,7-8,13-28H2,1-6H3,(H,50,63)(H,51,64)(H,52,60)(H,53,61)(H,54,59)(H3,48,49,62)/t34?,35?,36?,38-,42-/m0/s1. The lowest BCUT2D eigenvalue weighted by Gasteiger charge is -2.25. The van der Waals surface area contributed by atoms with Crippen LogP contribution in [0.25, 0.3) is 0 Å². The Labute approximate surface area is 399 Å². The van der Waals surface area contributed by atoms with Crippen molar-refractivity contribution in [2.75, 3.05) is 58.0 Å². The molecule has 2 aliphatic rings. The number of urea groups is 1. The molecule has 21 heteroatoms. The predicted molar refractivity (Wildman–Crippen MR) is 251 cm³/mol. The summed E-state index contributed by atoms with van der Waals surface area (Å²) < 4.78 is 23.9. The first kappa shape index (κ1) is 54.8. The van der Waals surface area contributed by atoms with E-state index >= 15 is 0 Å². The van der Waals surface area contributed by atoms with Crippen molar-refractivity contribution in [3.8, 4) is 0 Å². The summed E-state index contributed by atoms with van der Waals surface area (Å²) in [5.41, 5.74) is 8.38. The first-order valence-corrected chi connectivity index (χ1v) is 24.0. The molecule has 1 aromatic carbocycles. The van der Waals surface area contributed by atoms with Crippen LogP contribution in [0.3, 0.4) is 0 Å². The zero-order valence-corrected chi connectivity index (χ0v) is 40.6. The first-order valence-electron chi connectivity index (χ1n) is 24.0. The van der Waals surface area contributed by atoms with Gasteiger partial charge in [0, 0.05) is 44.1 Å². The third-order valence-corrected chi connectivity index (χ3v) is 11.9. The number of carbonyl (C=O) groups is 7. The van der Waals surface area contributed by atoms with E-state index < -0.39 is 48.0 Å². The lowest BCUT2D eigenvalue weighted by atomic mass is 10.0. The lowest BCUT2D eigenvalue weighted by Crippen LogP contribution is -2.54. The summed E-state index contributed by atoms with van der Waals surface area (Å²) in [6.07, 6.45) is 3.29. The summed E-state index contributed by atoms with van der Waals surface area (Å²) in [6.45, 7) is 14.1. The molecule has 0 spiro atoms. The van der Waals surface area contributed by atoms with Gasteiger partial charge in [0.25, 0.3) is 0 Å². The van der Waals surface area contributed by atoms with Crippen LogP contribution in [0.5, 0.6) is 0 Å². The maximum atomic E-state index is 13.6. The average molecular weight is 955 g/mol. The van der Waals surface area contributed by atoms with Gasteiger partial charge in [-0.25, -0.2) is 19.1 Å². The van der Waals surface area contributed by atoms with Crippen LogP contribution in [0.4, 0.5) is 20.1 Å². The molecule has 1 heterocycles. The Balaban J connectivity index is 1.17. The Morgan fingerprint density at radius 2 is 1.47 bits per heavy atom. The van der Waals surface area contributed by atoms with E-state index in [1.807, 2.05) is 32.4 Å². The van der Waals surface area contributed by atoms with Crippen molar-refractivity contribution in [1.82, 2.24) is 41.6 Å². The van der Waals surface area contributed by atoms with Crippen molar-refractivity contribution in [2.24, 2.45) is 41.2 Å². The van der Waals surface area contributed by atoms with Crippen LogP contribution in [0.1, 0.15) is 97.0 Å². The number of hydrogen-bond donors (Lipinski definition) is 7. The molecule has 5 atom stereocenters. The number of aromatic nitrogens is 3. The Morgan fingerprint density at radius 1 is 0.779 bits per heavy atom. The second kappa shape index (κ2) is 28.5. The van der Waals surface area contributed by atoms with E-state index in [-0.39, 0.29) is 56.1 Å². The summed E-state index contributed by atoms with van der Waals surface area (Å²) in [7, 11) is 0. The number of nitrogens with one attached hydrogen (secondary N) is 6. The van der Waals surface area contributed by atoms with Gasteiger partial charge in [0.2, 0.25) is 17.7 Å². The van der Waals surface area contributed by atoms with E-state index in [9.17, 15) is 33.6 Å². The quantitative estimate of drug-likeness (QED) is 0.0577. The number of ketones is 1. The zero-order chi connectivity index (χ0) is 49.6. The third-order valence-electron chi connectivity index (χ3n) is 11.9. The number of fused-ring (bicyclic) bond motifs is 2. The fraction of sp³-hybridized carbons (Fsp3) is 0.681. The number of primary amides is 1. The highest BCUT2D eigenvalue weighted by Gasteiger charge is 2.50. The van der Waals surface area contributed by atoms with Crippen molar-refractivity contribution in [3.05, 3.63) is 41.2 Å². The van der Waals surface area contributed by atoms with Gasteiger partial charge < -0.3 is 56.6 Å². The van der Waals surface area contributed by atoms with Crippen LogP contribution in [0, 0.1) is 35.5 Å². The second-order valence-electron chi connectivity index (χ2n) is 18.5. The average Bonchev–Trinajstić information content (AvgIpc) is 3.80. The van der Waals surface area contributed by atoms with Crippen LogP contribution in [-0.4, -0.2) is 121 Å². The topological polar surface area (TPSA) is 285 Å². The number of Topliss-reactive ketones (excluding diaryl/α,β-unsaturated/α-hetero) is 1. The van der Waals surface area contributed by atoms with Gasteiger partial charge in [0.1, 0.15) is 24.5 Å². The summed E-state index contributed by atoms with van der Waals surface area (Å²) in [5, 5.41) is 25.1. The number of rotatable bonds is 29. The fourth-order valence-corrected chi connectivity index (χ4v) is 7.91. The van der Waals surface area contributed by atoms with Crippen molar-refractivity contribution >= 4 is 47.4 Å². The van der Waals surface area contributed by atoms with Crippen molar-refractivity contribution in [3.63, 3.8) is 0 Å². The van der Waals surface area contributed by atoms with Gasteiger partial charge in [-0.1, -0.05) is 58.9 Å². The molecule has 2 aromatic rings. The molecule has 0 aliphatic heterocycles. The molecular weight excluding hydrogens is 881 g/mol. The molecule has 1 aromatic heterocycles. The SMILES string of the molecule is CC(C)CNC(=O)OCc1ccc(NC(=O)[C@H](CCCNC(N)=O)NC(=O)[C@@H](NC(=O)CCOCCn2nnc3c2CCC2C(CC3)C2COC(=O)NCCOCCC(=O)C(C)C)C(C)C)cc1. The van der Waals surface area contributed by atoms with Crippen molar-refractivity contribution < 1.29 is 52.5 Å². The Hall–Kier alpha value is -5.83. The molecule has 2 aliphatic carbocycles. The summed E-state index contributed by atoms with van der Waals surface area (Å²) in [4.78, 5) is 87.3. The van der Waals surface area contributed by atoms with Crippen LogP contribution >= 0.6 is 0 Å². The maximum absolute atomic E-state index is 13.6. The molecule has 4 rings (SSSR count). The highest BCUT2D eigenvalue weighted by atomic mass is 16.6. The number of nitrogens with two attached hydrogens (primary N) is 1. The van der Waals surface area contributed by atoms with Gasteiger partial charge in [-0.2, -0.15) is 0 Å². The summed E-state index contributed by atoms with van der Waals surface area (Å²) in [5.74, 6) is -0.128. The van der Waals surface area contributed by atoms with E-state index in [2.05, 4.69) is 42.2 Å². The third kappa shape index (κ3) is 19.4. The molecule has 3 unspecified atom stereocenters. The van der Waals surface area contributed by atoms with Crippen molar-refractivity contribution in [2.45, 2.75) is 118 Å². The highest BCUT2D eigenvalue weighted by Crippen LogP contribution is 2.52. The van der Waals surface area contributed by atoms with Gasteiger partial charge in [0.05, 0.1) is 51.0 Å². The number of ether oxygens (including phenoxy) is 4. The lowest BCUT2D eigenvalue weighted by molar-refractivity contribution is -0.132. The molecule has 1 fully saturated rings. The zero-order valence-electron chi connectivity index (χ0n) is 40.6. The smallest absolute Gasteiger partial charge is 0.407 e. The molecular formula is C47H74N10O11. The molecule has 7 amide bonds. The van der Waals surface area contributed by atoms with E-state index in [1.54, 1.807) is 38.1 Å². The van der Waals surface area contributed by atoms with Gasteiger partial charge in [-0.3, -0.25) is 19.2 Å². The van der Waals surface area contributed by atoms with E-state index in [4.69, 9.17) is 24.7 Å². The maximum Gasteiger partial charge on any atom is 0.407 e. The highest BCUT2D eigenvalue weighted by molar-refractivity contribution is 5.98. The van der Waals surface area contributed by atoms with E-state index in [1.165, 1.54) is 0 Å². The molecule has 1 saturated carbocycles. The molecule has 0 bridgehead atoms. The summed E-state index contributed by atoms with van der Waals surface area (Å²) in [6, 6.07) is 4.04. The van der Waals surface area contributed by atoms with E-state index in [0.29, 0.717) is 87.9 Å². The molecule has 378 valence electrons. The van der Waals surface area contributed by atoms with Crippen molar-refractivity contribution in [1.29, 1.82) is 0 Å². The second-order valence-corrected chi connectivity index (χ2v) is 18.5. The number of carbonyl (C=O) groups excluding carboxylic acids is 7. The monoisotopic (exact) mass is 955 g/mol. The fourth-order valence-electron chi connectivity index (χ4n) is 7.91. The Bertz CT molecular complexity index is 1960. The van der Waals surface area contributed by atoms with Gasteiger partial charge >= 0.3 is 18.2 Å². The minimum Gasteiger partial charge on any atom is -0.449 e. The van der Waals surface area contributed by atoms with Crippen LogP contribution in [-0.2, 0) is 64.1 Å². The predicted octanol–water partition coefficient (Wildman–Crippen LogP) is 3.38. The van der Waals surface area contributed by atoms with Crippen LogP contribution < -0.4 is 37.6 Å². The largest absolute Gasteiger partial charge is 0.449 e. The number of alkyl carbamates (subject to hydrolysis) is 2. The van der Waals surface area contributed by atoms with Gasteiger partial charge in [0.15, 0.2) is 0 Å². The van der Waals surface area contributed by atoms with Crippen LogP contribution in [0.2, 0.25) is 0 Å². The molecule has 0 saturated heterocycles. The number of nitrogens with zero attached hydrogens (tertiary/aromatic N) is 3. The molecule has 21 nitrogen and oxygen atoms in total. The number of amides is 7. The minimum atomic E-state index is -1.01. The van der Waals surface area contributed by atoms with E-state index in [0.717, 1.165) is 37.1 Å². The van der Waals surface area contributed by atoms with Gasteiger partial charge in [-0.15, -0.1) is 5.10 Å². The molecule has 68 heavy (non-hydrogen) atoms. The minimum absolute atomic E-state index is 0.00272. The molecule has 0 radical (unpaired) electrons. The number of benzene rings is 1. The normalized spacial score (nSPS) is 17.1. The number of aryl methyl sites for hydroxylation is 1. The Morgan fingerprint density at radius 3 is 2.16 bits per heavy atom. The number of anilines is 1.